The number of methoxy groups -OCH3 is 1. The molecule has 0 bridgehead atoms. The number of carbonyl (C=O) groups excluding carboxylic acids is 7. The van der Waals surface area contributed by atoms with Gasteiger partial charge in [-0.15, -0.1) is 10.2 Å². The molecule has 4 saturated heterocycles. The molecule has 13 atom stereocenters. The third-order valence-corrected chi connectivity index (χ3v) is 21.6. The van der Waals surface area contributed by atoms with Gasteiger partial charge >= 0.3 is 10.4 Å². The molecule has 7 amide bonds. The zero-order chi connectivity index (χ0) is 70.0. The van der Waals surface area contributed by atoms with E-state index < -0.39 is 181 Å². The Hall–Kier alpha value is -6.76. The molecule has 4 aliphatic heterocycles. The van der Waals surface area contributed by atoms with Crippen LogP contribution in [0.2, 0.25) is 0 Å². The van der Waals surface area contributed by atoms with Crippen LogP contribution in [0, 0.1) is 17.8 Å². The van der Waals surface area contributed by atoms with Crippen molar-refractivity contribution in [1.82, 2.24) is 51.9 Å². The van der Waals surface area contributed by atoms with Crippen LogP contribution >= 0.6 is 11.3 Å². The molecule has 0 unspecified atom stereocenters. The van der Waals surface area contributed by atoms with Crippen molar-refractivity contribution >= 4 is 68.8 Å². The number of hydrogen-bond acceptors (Lipinski definition) is 24. The topological polar surface area (TPSA) is 468 Å². The maximum atomic E-state index is 14.9. The van der Waals surface area contributed by atoms with Crippen LogP contribution in [-0.4, -0.2) is 248 Å². The number of aromatic hydroxyl groups is 1. The van der Waals surface area contributed by atoms with E-state index in [4.69, 9.17) is 10.5 Å². The minimum absolute atomic E-state index is 0.00423. The third-order valence-electron chi connectivity index (χ3n) is 20.1. The predicted octanol–water partition coefficient (Wildman–Crippen LogP) is -1.79. The summed E-state index contributed by atoms with van der Waals surface area (Å²) in [6.45, 7) is 3.15. The highest BCUT2D eigenvalue weighted by Gasteiger charge is 2.50. The first kappa shape index (κ1) is 74.5. The first-order valence-electron chi connectivity index (χ1n) is 33.5. The van der Waals surface area contributed by atoms with E-state index in [1.807, 2.05) is 7.11 Å². The molecule has 0 spiro atoms. The van der Waals surface area contributed by atoms with Crippen LogP contribution in [0.4, 0.5) is 5.69 Å². The molecule has 536 valence electrons. The van der Waals surface area contributed by atoms with Crippen molar-refractivity contribution in [3.8, 4) is 22.1 Å². The zero-order valence-electron chi connectivity index (χ0n) is 54.7. The van der Waals surface area contributed by atoms with Gasteiger partial charge in [0.1, 0.15) is 40.2 Å². The number of phenolic OH excluding ortho intramolecular Hbond substituents is 1. The van der Waals surface area contributed by atoms with Gasteiger partial charge in [-0.25, -0.2) is 0 Å². The number of hydrogen-bond donors (Lipinski definition) is 15. The fourth-order valence-electron chi connectivity index (χ4n) is 14.6. The van der Waals surface area contributed by atoms with E-state index in [9.17, 15) is 82.3 Å². The Labute approximate surface area is 566 Å². The lowest BCUT2D eigenvalue weighted by Gasteiger charge is -2.47. The molecule has 16 N–H and O–H groups in total. The van der Waals surface area contributed by atoms with Crippen LogP contribution in [0.25, 0.3) is 10.6 Å². The summed E-state index contributed by atoms with van der Waals surface area (Å²) in [5.74, 6) is -9.53. The van der Waals surface area contributed by atoms with Gasteiger partial charge in [0.05, 0.1) is 54.7 Å². The monoisotopic (exact) mass is 1400 g/mol. The minimum atomic E-state index is -5.23. The summed E-state index contributed by atoms with van der Waals surface area (Å²) < 4.78 is 43.3. The Balaban J connectivity index is 0.929. The van der Waals surface area contributed by atoms with Crippen LogP contribution in [0.3, 0.4) is 0 Å². The Bertz CT molecular complexity index is 3350. The van der Waals surface area contributed by atoms with Crippen molar-refractivity contribution in [3.63, 3.8) is 0 Å². The highest BCUT2D eigenvalue weighted by atomic mass is 32.3. The van der Waals surface area contributed by atoms with E-state index in [0.717, 1.165) is 88.0 Å². The van der Waals surface area contributed by atoms with Crippen LogP contribution in [0.15, 0.2) is 42.5 Å². The Kier molecular flexibility index (Phi) is 25.3. The second-order valence-electron chi connectivity index (χ2n) is 26.9. The summed E-state index contributed by atoms with van der Waals surface area (Å²) >= 11 is 1.55. The number of benzene rings is 2. The third kappa shape index (κ3) is 18.6. The number of nitrogens with zero attached hydrogens (tertiary/aromatic N) is 5. The van der Waals surface area contributed by atoms with Crippen molar-refractivity contribution in [2.45, 2.75) is 195 Å². The predicted molar refractivity (Wildman–Crippen MR) is 350 cm³/mol. The molecule has 9 rings (SSSR count). The molecular weight excluding hydrogens is 1300 g/mol. The Morgan fingerprint density at radius 1 is 0.804 bits per heavy atom. The number of ether oxygens (including phenoxy) is 1. The first-order valence-corrected chi connectivity index (χ1v) is 35.6. The van der Waals surface area contributed by atoms with Crippen LogP contribution < -0.4 is 46.7 Å². The van der Waals surface area contributed by atoms with Crippen molar-refractivity contribution in [2.24, 2.45) is 23.5 Å². The van der Waals surface area contributed by atoms with Crippen molar-refractivity contribution in [1.29, 1.82) is 0 Å². The number of nitrogens with one attached hydrogen (secondary N) is 6. The lowest BCUT2D eigenvalue weighted by Crippen LogP contribution is -2.64. The van der Waals surface area contributed by atoms with Gasteiger partial charge in [-0.1, -0.05) is 43.6 Å². The number of aliphatic hydroxyl groups excluding tert-OH is 6. The normalized spacial score (nSPS) is 29.4. The van der Waals surface area contributed by atoms with Gasteiger partial charge in [0.25, 0.3) is 0 Å². The molecule has 0 radical (unpaired) electrons. The summed E-state index contributed by atoms with van der Waals surface area (Å²) in [6.07, 6.45) is -1.87. The number of rotatable bonds is 19. The molecule has 1 aromatic heterocycles. The number of carbonyl (C=O) groups is 7. The number of piperidine rings is 1. The largest absolute Gasteiger partial charge is 0.504 e. The fraction of sp³-hybridized carbons (Fsp3) is 0.672. The van der Waals surface area contributed by atoms with E-state index in [1.54, 1.807) is 11.3 Å². The van der Waals surface area contributed by atoms with E-state index >= 15 is 0 Å². The van der Waals surface area contributed by atoms with Crippen LogP contribution in [0.5, 0.6) is 11.5 Å². The molecule has 3 aromatic rings. The molecular formula is C64H94N12O19S2. The Morgan fingerprint density at radius 2 is 1.47 bits per heavy atom. The Morgan fingerprint density at radius 3 is 2.13 bits per heavy atom. The van der Waals surface area contributed by atoms with Crippen LogP contribution in [-0.2, 0) is 55.1 Å². The second-order valence-corrected chi connectivity index (χ2v) is 28.9. The number of aromatic nitrogens is 2. The molecule has 97 heavy (non-hydrogen) atoms. The van der Waals surface area contributed by atoms with E-state index in [1.165, 1.54) is 46.0 Å². The highest BCUT2D eigenvalue weighted by molar-refractivity contribution is 7.81. The molecule has 2 aromatic carbocycles. The summed E-state index contributed by atoms with van der Waals surface area (Å²) in [7, 11) is -3.36. The first-order chi connectivity index (χ1) is 46.2. The summed E-state index contributed by atoms with van der Waals surface area (Å²) in [5, 5.41) is 106. The summed E-state index contributed by atoms with van der Waals surface area (Å²) in [4.78, 5) is 105. The van der Waals surface area contributed by atoms with E-state index in [-0.39, 0.29) is 49.2 Å². The van der Waals surface area contributed by atoms with E-state index in [2.05, 4.69) is 75.4 Å². The average molecular weight is 1400 g/mol. The van der Waals surface area contributed by atoms with Gasteiger partial charge in [0, 0.05) is 88.9 Å². The molecule has 31 nitrogen and oxygen atoms in total. The van der Waals surface area contributed by atoms with Crippen molar-refractivity contribution < 1.29 is 91.2 Å². The van der Waals surface area contributed by atoms with Gasteiger partial charge in [0.2, 0.25) is 41.4 Å². The van der Waals surface area contributed by atoms with Gasteiger partial charge in [-0.2, -0.15) is 8.42 Å². The van der Waals surface area contributed by atoms with Gasteiger partial charge in [0.15, 0.2) is 11.5 Å². The number of fused-ring (bicyclic) bond motifs is 2. The maximum absolute atomic E-state index is 14.9. The number of aliphatic hydroxyl groups is 6. The van der Waals surface area contributed by atoms with Gasteiger partial charge in [-0.3, -0.25) is 38.1 Å². The molecule has 6 aliphatic rings. The summed E-state index contributed by atoms with van der Waals surface area (Å²) in [5.41, 5.74) is 7.53. The number of amides is 7. The van der Waals surface area contributed by atoms with Gasteiger partial charge in [-0.05, 0) is 125 Å². The lowest BCUT2D eigenvalue weighted by atomic mass is 9.72. The van der Waals surface area contributed by atoms with Crippen molar-refractivity contribution in [3.05, 3.63) is 53.0 Å². The SMILES string of the molecule is COC1(C2CCCCC2)CCN(c2ccc(-c3nnc(C4CCC(CN[C@H]5C[C@@H](O)CNC(=O)[C@@H]6[C@@H](O)[C@@H](C)CN6C(=O)[C@H]([C@H](O)CC(=O)NCCN)NC(=O)[C@H]([C@H](O)Cc6ccc(O)c(OS(=O)(=O)O)c6)NC(=O)[C@@H]6C[C@@H](O)CN6C(=O)[C@H]([C@@H](C)O)NC5=O)CC4)s3)cc2)CC1. The van der Waals surface area contributed by atoms with Crippen molar-refractivity contribution in [2.75, 3.05) is 64.4 Å². The number of nitrogens with two attached hydrogens (primary N) is 1. The average Bonchev–Trinajstić information content (AvgIpc) is 1.78. The molecule has 6 fully saturated rings. The molecule has 2 aliphatic carbocycles. The lowest BCUT2D eigenvalue weighted by molar-refractivity contribution is -0.147. The minimum Gasteiger partial charge on any atom is -0.504 e. The second kappa shape index (κ2) is 32.9. The summed E-state index contributed by atoms with van der Waals surface area (Å²) in [6, 6.07) is 0.291. The smallest absolute Gasteiger partial charge is 0.446 e. The maximum Gasteiger partial charge on any atom is 0.446 e. The number of β-amino-alcohol motifs (C(OH)–C–C–N with tert-alkyl or cyclic N) is 1. The quantitative estimate of drug-likeness (QED) is 0.0589. The molecule has 2 saturated carbocycles. The van der Waals surface area contributed by atoms with Crippen LogP contribution in [0.1, 0.15) is 120 Å². The molecule has 33 heteroatoms. The molecule has 5 heterocycles. The van der Waals surface area contributed by atoms with E-state index in [0.29, 0.717) is 18.8 Å². The number of phenols is 1. The zero-order valence-corrected chi connectivity index (χ0v) is 56.4. The highest BCUT2D eigenvalue weighted by Crippen LogP contribution is 2.43. The fourth-order valence-corrected chi connectivity index (χ4v) is 16.0. The number of anilines is 1. The standard InChI is InChI=1S/C64H94N12O19S2/c1-34-32-76-54(55(34)84)59(88)68-31-42(78)27-44(67-30-36-9-12-38(13-10-36)60-72-73-61(96-60)39-14-16-41(17-15-39)74-23-19-64(94-3,20-24-74)40-7-5-4-6-8-40)56(85)69-51(35(2)77)62(89)75-33-43(79)28-45(75)57(86)70-52(47(81)25-37-11-18-46(80)49(26-37)95-97(91,92)93)58(87)71-53(63(76)90)48(82)29-50(83)66-22-21-65/h11,14-18,26,34-36,38,40,42-45,47-48,51-55,67,77-82,84H,4-10,12-13,19-25,27-33,65H2,1-3H3,(H,66,83)(H,68,88)(H,69,85)(H,70,86)(H,71,87)(H,91,92,93)/t34-,35+,36?,38?,42+,43+,44-,45-,47+,48+,51-,52-,53-,54-,55-/m0/s1. The van der Waals surface area contributed by atoms with Gasteiger partial charge < -0.3 is 97.0 Å².